The van der Waals surface area contributed by atoms with E-state index in [1.807, 2.05) is 6.07 Å². The van der Waals surface area contributed by atoms with Crippen LogP contribution in [0.4, 0.5) is 17.1 Å². The van der Waals surface area contributed by atoms with Gasteiger partial charge in [-0.3, -0.25) is 4.57 Å². The summed E-state index contributed by atoms with van der Waals surface area (Å²) < 4.78 is 14.0. The van der Waals surface area contributed by atoms with Crippen molar-refractivity contribution in [3.63, 3.8) is 0 Å². The van der Waals surface area contributed by atoms with Gasteiger partial charge in [0, 0.05) is 74.5 Å². The van der Waals surface area contributed by atoms with Crippen LogP contribution < -0.4 is 14.5 Å². The number of fused-ring (bicyclic) bond motifs is 10. The van der Waals surface area contributed by atoms with Crippen molar-refractivity contribution in [2.75, 3.05) is 23.5 Å². The number of aromatic nitrogens is 4. The van der Waals surface area contributed by atoms with E-state index >= 15 is 0 Å². The third-order valence-electron chi connectivity index (χ3n) is 14.8. The molecule has 0 spiro atoms. The molecular formula is C65H50N6O. The summed E-state index contributed by atoms with van der Waals surface area (Å²) >= 11 is 0. The summed E-state index contributed by atoms with van der Waals surface area (Å²) in [4.78, 5) is 10.2. The second kappa shape index (κ2) is 16.0. The van der Waals surface area contributed by atoms with Crippen LogP contribution in [0.2, 0.25) is 0 Å². The average molecular weight is 931 g/mol. The van der Waals surface area contributed by atoms with Gasteiger partial charge in [0.1, 0.15) is 17.3 Å². The minimum Gasteiger partial charge on any atom is -0.457 e. The highest BCUT2D eigenvalue weighted by Gasteiger charge is 2.29. The van der Waals surface area contributed by atoms with Gasteiger partial charge in [-0.25, -0.2) is 4.98 Å². The minimum absolute atomic E-state index is 0.304. The Labute approximate surface area is 417 Å². The zero-order valence-corrected chi connectivity index (χ0v) is 40.6. The summed E-state index contributed by atoms with van der Waals surface area (Å²) in [6.07, 6.45) is 2.14. The maximum absolute atomic E-state index is 6.78. The van der Waals surface area contributed by atoms with E-state index in [4.69, 9.17) is 9.72 Å². The van der Waals surface area contributed by atoms with Crippen LogP contribution in [0.15, 0.2) is 219 Å². The van der Waals surface area contributed by atoms with Crippen molar-refractivity contribution in [3.8, 4) is 39.8 Å². The van der Waals surface area contributed by atoms with Crippen LogP contribution in [0.1, 0.15) is 26.3 Å². The molecule has 72 heavy (non-hydrogen) atoms. The van der Waals surface area contributed by atoms with Crippen LogP contribution in [-0.4, -0.2) is 32.4 Å². The fourth-order valence-corrected chi connectivity index (χ4v) is 11.6. The second-order valence-corrected chi connectivity index (χ2v) is 20.1. The molecule has 4 aromatic heterocycles. The summed E-state index contributed by atoms with van der Waals surface area (Å²) in [5, 5.41) is 7.18. The van der Waals surface area contributed by atoms with Crippen LogP contribution in [-0.2, 0) is 5.41 Å². The number of hydrogen-bond acceptors (Lipinski definition) is 4. The zero-order chi connectivity index (χ0) is 48.2. The first-order valence-electron chi connectivity index (χ1n) is 24.8. The Bertz CT molecular complexity index is 4080. The summed E-state index contributed by atoms with van der Waals surface area (Å²) in [6.45, 7) is 7.74. The lowest BCUT2D eigenvalue weighted by atomic mass is 9.81. The maximum Gasteiger partial charge on any atom is 0.137 e. The normalized spacial score (nSPS) is 12.9. The van der Waals surface area contributed by atoms with Crippen LogP contribution >= 0.6 is 0 Å². The molecule has 1 aliphatic rings. The van der Waals surface area contributed by atoms with Crippen LogP contribution in [0.25, 0.3) is 93.7 Å². The standard InChI is InChI=1S/C65H50N6O/c1-65(2,3)52-39-63(71-57-30-14-9-25-49(57)50-36-35-44(38-62(50)71)72-43-20-17-19-42(37-43)68-41-67(4)58-31-15-16-32-59(58)68)66-40-51(52)64-60(69-53-26-10-5-21-45(53)46-22-6-11-27-54(46)69)33-18-34-61(64)70-55-28-12-7-23-47(55)48-24-8-13-29-56(48)70/h5-40H,41H2,1-4H3. The van der Waals surface area contributed by atoms with Crippen LogP contribution in [0.5, 0.6) is 11.5 Å². The highest BCUT2D eigenvalue weighted by molar-refractivity contribution is 6.13. The molecular weight excluding hydrogens is 881 g/mol. The molecule has 9 aromatic carbocycles. The largest absolute Gasteiger partial charge is 0.457 e. The van der Waals surface area contributed by atoms with Crippen molar-refractivity contribution < 1.29 is 4.74 Å². The number of anilines is 3. The number of para-hydroxylation sites is 7. The number of pyridine rings is 1. The molecule has 7 heteroatoms. The van der Waals surface area contributed by atoms with Gasteiger partial charge in [0.2, 0.25) is 0 Å². The van der Waals surface area contributed by atoms with E-state index in [9.17, 15) is 0 Å². The molecule has 0 aliphatic carbocycles. The Balaban J connectivity index is 0.978. The van der Waals surface area contributed by atoms with Crippen molar-refractivity contribution >= 4 is 82.5 Å². The van der Waals surface area contributed by atoms with E-state index < -0.39 is 0 Å². The van der Waals surface area contributed by atoms with Crippen molar-refractivity contribution in [3.05, 3.63) is 224 Å². The molecule has 1 aliphatic heterocycles. The molecule has 14 rings (SSSR count). The Hall–Kier alpha value is -9.07. The first-order valence-corrected chi connectivity index (χ1v) is 24.8. The van der Waals surface area contributed by atoms with Gasteiger partial charge in [-0.05, 0) is 95.9 Å². The lowest BCUT2D eigenvalue weighted by Gasteiger charge is -2.27. The van der Waals surface area contributed by atoms with Crippen molar-refractivity contribution in [1.82, 2.24) is 18.7 Å². The number of ether oxygens (including phenoxy) is 1. The fourth-order valence-electron chi connectivity index (χ4n) is 11.6. The van der Waals surface area contributed by atoms with Gasteiger partial charge in [0.05, 0.1) is 62.5 Å². The van der Waals surface area contributed by atoms with Gasteiger partial charge in [0.25, 0.3) is 0 Å². The van der Waals surface area contributed by atoms with Crippen molar-refractivity contribution in [2.24, 2.45) is 0 Å². The quantitative estimate of drug-likeness (QED) is 0.160. The maximum atomic E-state index is 6.78. The molecule has 13 aromatic rings. The van der Waals surface area contributed by atoms with Crippen molar-refractivity contribution in [2.45, 2.75) is 26.2 Å². The van der Waals surface area contributed by atoms with Gasteiger partial charge in [-0.2, -0.15) is 0 Å². The molecule has 0 saturated carbocycles. The van der Waals surface area contributed by atoms with Gasteiger partial charge in [0.15, 0.2) is 0 Å². The monoisotopic (exact) mass is 930 g/mol. The summed E-state index contributed by atoms with van der Waals surface area (Å²) in [5.41, 5.74) is 15.5. The minimum atomic E-state index is -0.304. The topological polar surface area (TPSA) is 43.4 Å². The third kappa shape index (κ3) is 6.40. The lowest BCUT2D eigenvalue weighted by Crippen LogP contribution is -2.23. The summed E-state index contributed by atoms with van der Waals surface area (Å²) in [5.74, 6) is 2.38. The average Bonchev–Trinajstić information content (AvgIpc) is 4.14. The summed E-state index contributed by atoms with van der Waals surface area (Å²) in [7, 11) is 2.14. The van der Waals surface area contributed by atoms with Crippen LogP contribution in [0.3, 0.4) is 0 Å². The van der Waals surface area contributed by atoms with E-state index in [0.717, 1.165) is 96.0 Å². The predicted octanol–water partition coefficient (Wildman–Crippen LogP) is 16.7. The molecule has 0 radical (unpaired) electrons. The molecule has 0 unspecified atom stereocenters. The molecule has 0 N–H and O–H groups in total. The fraction of sp³-hybridized carbons (Fsp3) is 0.0923. The molecule has 0 amide bonds. The molecule has 0 bridgehead atoms. The number of hydrogen-bond donors (Lipinski definition) is 0. The SMILES string of the molecule is CN1CN(c2cccc(Oc3ccc4c5ccccc5n(-c5cc(C(C)(C)C)c(-c6c(-n7c8ccccc8c8ccccc87)cccc6-n6c7ccccc7c7ccccc76)cn5)c4c3)c2)c2ccccc21. The van der Waals surface area contributed by atoms with E-state index in [1.165, 1.54) is 38.5 Å². The molecule has 7 nitrogen and oxygen atoms in total. The molecule has 346 valence electrons. The van der Waals surface area contributed by atoms with Gasteiger partial charge in [-0.15, -0.1) is 0 Å². The molecule has 5 heterocycles. The zero-order valence-electron chi connectivity index (χ0n) is 40.6. The Morgan fingerprint density at radius 2 is 0.875 bits per heavy atom. The Morgan fingerprint density at radius 3 is 1.43 bits per heavy atom. The Kier molecular flexibility index (Phi) is 9.29. The third-order valence-corrected chi connectivity index (χ3v) is 14.8. The smallest absolute Gasteiger partial charge is 0.137 e. The van der Waals surface area contributed by atoms with E-state index in [0.29, 0.717) is 0 Å². The van der Waals surface area contributed by atoms with Gasteiger partial charge in [-0.1, -0.05) is 136 Å². The Morgan fingerprint density at radius 1 is 0.417 bits per heavy atom. The van der Waals surface area contributed by atoms with E-state index in [2.05, 4.69) is 264 Å². The number of rotatable bonds is 7. The van der Waals surface area contributed by atoms with Crippen molar-refractivity contribution in [1.29, 1.82) is 0 Å². The predicted molar refractivity (Wildman–Crippen MR) is 300 cm³/mol. The van der Waals surface area contributed by atoms with Gasteiger partial charge < -0.3 is 23.7 Å². The second-order valence-electron chi connectivity index (χ2n) is 20.1. The molecule has 0 atom stereocenters. The summed E-state index contributed by atoms with van der Waals surface area (Å²) in [6, 6.07) is 76.3. The lowest BCUT2D eigenvalue weighted by molar-refractivity contribution is 0.483. The number of nitrogens with zero attached hydrogens (tertiary/aromatic N) is 6. The van der Waals surface area contributed by atoms with Crippen LogP contribution in [0, 0.1) is 0 Å². The van der Waals surface area contributed by atoms with E-state index in [-0.39, 0.29) is 5.41 Å². The first-order chi connectivity index (χ1) is 35.3. The molecule has 0 fully saturated rings. The highest BCUT2D eigenvalue weighted by Crippen LogP contribution is 2.46. The first kappa shape index (κ1) is 41.9. The van der Waals surface area contributed by atoms with E-state index in [1.54, 1.807) is 0 Å². The number of benzene rings is 9. The highest BCUT2D eigenvalue weighted by atomic mass is 16.5. The molecule has 0 saturated heterocycles. The van der Waals surface area contributed by atoms with Gasteiger partial charge >= 0.3 is 0 Å².